The van der Waals surface area contributed by atoms with Gasteiger partial charge in [0.15, 0.2) is 0 Å². The molecule has 3 aromatic rings. The van der Waals surface area contributed by atoms with Crippen LogP contribution >= 0.6 is 23.1 Å². The number of benzene rings is 1. The number of thioether (sulfide) groups is 1. The summed E-state index contributed by atoms with van der Waals surface area (Å²) in [4.78, 5) is 23.3. The molecule has 0 atom stereocenters. The number of carbonyl (C=O) groups is 1. The number of nitrogens with zero attached hydrogens (tertiary/aromatic N) is 2. The number of carbonyl (C=O) groups excluding carboxylic acids is 1. The Morgan fingerprint density at radius 1 is 1.24 bits per heavy atom. The molecule has 0 spiro atoms. The third-order valence-electron chi connectivity index (χ3n) is 4.20. The highest BCUT2D eigenvalue weighted by Crippen LogP contribution is 2.39. The molecule has 7 heteroatoms. The Kier molecular flexibility index (Phi) is 4.67. The Morgan fingerprint density at radius 3 is 2.96 bits per heavy atom. The summed E-state index contributed by atoms with van der Waals surface area (Å²) in [5.74, 6) is -0.492. The topological polar surface area (TPSA) is 54.9 Å². The molecule has 25 heavy (non-hydrogen) atoms. The molecule has 2 aromatic heterocycles. The van der Waals surface area contributed by atoms with E-state index in [0.29, 0.717) is 0 Å². The molecular weight excluding hydrogens is 357 g/mol. The van der Waals surface area contributed by atoms with Crippen LogP contribution in [0.25, 0.3) is 10.2 Å². The number of aryl methyl sites for hydroxylation is 2. The van der Waals surface area contributed by atoms with Crippen molar-refractivity contribution in [3.8, 4) is 0 Å². The fraction of sp³-hybridized carbons (Fsp3) is 0.278. The molecule has 0 fully saturated rings. The van der Waals surface area contributed by atoms with Gasteiger partial charge in [0.25, 0.3) is 0 Å². The lowest BCUT2D eigenvalue weighted by molar-refractivity contribution is -0.113. The SMILES string of the molecule is O=C(CSc1ncnc2sc3c(c12)CCCC3)Nc1ccccc1F. The molecule has 1 N–H and O–H groups in total. The standard InChI is InChI=1S/C18H16FN3OS2/c19-12-6-2-3-7-13(12)22-15(23)9-24-17-16-11-5-1-4-8-14(11)25-18(16)21-10-20-17/h2-3,6-7,10H,1,4-5,8-9H2,(H,22,23). The van der Waals surface area contributed by atoms with E-state index in [1.807, 2.05) is 0 Å². The van der Waals surface area contributed by atoms with Gasteiger partial charge in [-0.3, -0.25) is 4.79 Å². The first-order chi connectivity index (χ1) is 12.2. The number of halogens is 1. The van der Waals surface area contributed by atoms with Crippen LogP contribution in [0.4, 0.5) is 10.1 Å². The summed E-state index contributed by atoms with van der Waals surface area (Å²) in [6, 6.07) is 6.17. The minimum Gasteiger partial charge on any atom is -0.323 e. The Hall–Kier alpha value is -1.99. The summed E-state index contributed by atoms with van der Waals surface area (Å²) in [5, 5.41) is 4.55. The molecule has 4 rings (SSSR count). The summed E-state index contributed by atoms with van der Waals surface area (Å²) < 4.78 is 13.6. The highest BCUT2D eigenvalue weighted by Gasteiger charge is 2.20. The lowest BCUT2D eigenvalue weighted by Gasteiger charge is -2.11. The summed E-state index contributed by atoms with van der Waals surface area (Å²) in [5.41, 5.74) is 1.55. The largest absolute Gasteiger partial charge is 0.323 e. The summed E-state index contributed by atoms with van der Waals surface area (Å²) in [7, 11) is 0. The summed E-state index contributed by atoms with van der Waals surface area (Å²) in [6.45, 7) is 0. The van der Waals surface area contributed by atoms with Crippen molar-refractivity contribution in [1.29, 1.82) is 0 Å². The molecule has 1 amide bonds. The van der Waals surface area contributed by atoms with Crippen molar-refractivity contribution in [3.63, 3.8) is 0 Å². The molecule has 0 aliphatic heterocycles. The van der Waals surface area contributed by atoms with E-state index in [2.05, 4.69) is 15.3 Å². The van der Waals surface area contributed by atoms with Crippen molar-refractivity contribution in [1.82, 2.24) is 9.97 Å². The maximum absolute atomic E-state index is 13.6. The second kappa shape index (κ2) is 7.09. The number of para-hydroxylation sites is 1. The number of hydrogen-bond donors (Lipinski definition) is 1. The molecule has 0 saturated heterocycles. The number of amides is 1. The van der Waals surface area contributed by atoms with E-state index >= 15 is 0 Å². The molecule has 4 nitrogen and oxygen atoms in total. The predicted molar refractivity (Wildman–Crippen MR) is 99.8 cm³/mol. The van der Waals surface area contributed by atoms with Gasteiger partial charge in [0.2, 0.25) is 5.91 Å². The average Bonchev–Trinajstić information content (AvgIpc) is 3.01. The van der Waals surface area contributed by atoms with E-state index in [1.165, 1.54) is 41.1 Å². The van der Waals surface area contributed by atoms with Gasteiger partial charge < -0.3 is 5.32 Å². The molecule has 0 bridgehead atoms. The van der Waals surface area contributed by atoms with Crippen molar-refractivity contribution in [3.05, 3.63) is 46.9 Å². The van der Waals surface area contributed by atoms with Gasteiger partial charge in [0, 0.05) is 10.3 Å². The van der Waals surface area contributed by atoms with E-state index in [1.54, 1.807) is 35.9 Å². The fourth-order valence-corrected chi connectivity index (χ4v) is 5.17. The van der Waals surface area contributed by atoms with E-state index in [0.717, 1.165) is 28.1 Å². The van der Waals surface area contributed by atoms with Gasteiger partial charge in [-0.15, -0.1) is 11.3 Å². The van der Waals surface area contributed by atoms with Crippen LogP contribution in [0.2, 0.25) is 0 Å². The normalized spacial score (nSPS) is 13.6. The quantitative estimate of drug-likeness (QED) is 0.543. The van der Waals surface area contributed by atoms with Crippen LogP contribution in [0, 0.1) is 5.82 Å². The number of nitrogens with one attached hydrogen (secondary N) is 1. The van der Waals surface area contributed by atoms with E-state index in [4.69, 9.17) is 0 Å². The highest BCUT2D eigenvalue weighted by molar-refractivity contribution is 8.00. The third kappa shape index (κ3) is 3.39. The minimum atomic E-state index is -0.433. The Morgan fingerprint density at radius 2 is 2.08 bits per heavy atom. The number of anilines is 1. The minimum absolute atomic E-state index is 0.186. The zero-order valence-corrected chi connectivity index (χ0v) is 15.1. The Bertz CT molecular complexity index is 941. The van der Waals surface area contributed by atoms with Gasteiger partial charge in [-0.2, -0.15) is 0 Å². The fourth-order valence-electron chi connectivity index (χ4n) is 3.05. The summed E-state index contributed by atoms with van der Waals surface area (Å²) >= 11 is 3.12. The molecule has 2 heterocycles. The second-order valence-corrected chi connectivity index (χ2v) is 7.93. The number of aromatic nitrogens is 2. The lowest BCUT2D eigenvalue weighted by atomic mass is 9.97. The smallest absolute Gasteiger partial charge is 0.234 e. The van der Waals surface area contributed by atoms with Gasteiger partial charge in [-0.1, -0.05) is 23.9 Å². The van der Waals surface area contributed by atoms with Crippen molar-refractivity contribution in [2.75, 3.05) is 11.1 Å². The first-order valence-electron chi connectivity index (χ1n) is 8.15. The zero-order valence-electron chi connectivity index (χ0n) is 13.4. The molecule has 0 saturated carbocycles. The maximum atomic E-state index is 13.6. The number of rotatable bonds is 4. The maximum Gasteiger partial charge on any atom is 0.234 e. The zero-order chi connectivity index (χ0) is 17.2. The van der Waals surface area contributed by atoms with Gasteiger partial charge in [-0.05, 0) is 43.4 Å². The molecular formula is C18H16FN3OS2. The van der Waals surface area contributed by atoms with E-state index < -0.39 is 5.82 Å². The number of fused-ring (bicyclic) bond motifs is 3. The van der Waals surface area contributed by atoms with Crippen molar-refractivity contribution in [2.24, 2.45) is 0 Å². The van der Waals surface area contributed by atoms with Crippen LogP contribution in [0.3, 0.4) is 0 Å². The van der Waals surface area contributed by atoms with Crippen LogP contribution in [-0.2, 0) is 17.6 Å². The van der Waals surface area contributed by atoms with E-state index in [-0.39, 0.29) is 17.3 Å². The van der Waals surface area contributed by atoms with Crippen LogP contribution in [-0.4, -0.2) is 21.6 Å². The van der Waals surface area contributed by atoms with Crippen molar-refractivity contribution >= 4 is 44.9 Å². The van der Waals surface area contributed by atoms with Crippen LogP contribution < -0.4 is 5.32 Å². The molecule has 1 aliphatic carbocycles. The van der Waals surface area contributed by atoms with Crippen LogP contribution in [0.1, 0.15) is 23.3 Å². The first kappa shape index (κ1) is 16.5. The van der Waals surface area contributed by atoms with Crippen LogP contribution in [0.15, 0.2) is 35.6 Å². The average molecular weight is 373 g/mol. The highest BCUT2D eigenvalue weighted by atomic mass is 32.2. The van der Waals surface area contributed by atoms with Gasteiger partial charge in [-0.25, -0.2) is 14.4 Å². The Labute approximate surface area is 152 Å². The predicted octanol–water partition coefficient (Wildman–Crippen LogP) is 4.44. The van der Waals surface area contributed by atoms with Crippen molar-refractivity contribution in [2.45, 2.75) is 30.7 Å². The first-order valence-corrected chi connectivity index (χ1v) is 9.95. The summed E-state index contributed by atoms with van der Waals surface area (Å²) in [6.07, 6.45) is 6.12. The number of hydrogen-bond acceptors (Lipinski definition) is 5. The lowest BCUT2D eigenvalue weighted by Crippen LogP contribution is -2.15. The Balaban J connectivity index is 1.52. The monoisotopic (exact) mass is 373 g/mol. The molecule has 1 aliphatic rings. The van der Waals surface area contributed by atoms with Crippen molar-refractivity contribution < 1.29 is 9.18 Å². The van der Waals surface area contributed by atoms with Crippen LogP contribution in [0.5, 0.6) is 0 Å². The van der Waals surface area contributed by atoms with Gasteiger partial charge in [0.1, 0.15) is 22.0 Å². The molecule has 0 unspecified atom stereocenters. The van der Waals surface area contributed by atoms with Gasteiger partial charge in [0.05, 0.1) is 11.4 Å². The molecule has 0 radical (unpaired) electrons. The third-order valence-corrected chi connectivity index (χ3v) is 6.39. The second-order valence-electron chi connectivity index (χ2n) is 5.89. The number of thiophene rings is 1. The molecule has 128 valence electrons. The van der Waals surface area contributed by atoms with Gasteiger partial charge >= 0.3 is 0 Å². The molecule has 1 aromatic carbocycles. The van der Waals surface area contributed by atoms with E-state index in [9.17, 15) is 9.18 Å².